The van der Waals surface area contributed by atoms with Crippen molar-refractivity contribution in [3.05, 3.63) is 24.4 Å². The predicted molar refractivity (Wildman–Crippen MR) is 94.3 cm³/mol. The quantitative estimate of drug-likeness (QED) is 0.842. The maximum atomic E-state index is 12.5. The van der Waals surface area contributed by atoms with Crippen molar-refractivity contribution in [1.29, 1.82) is 0 Å². The smallest absolute Gasteiger partial charge is 0.222 e. The summed E-state index contributed by atoms with van der Waals surface area (Å²) in [4.78, 5) is 18.8. The van der Waals surface area contributed by atoms with Crippen molar-refractivity contribution in [2.45, 2.75) is 63.1 Å². The van der Waals surface area contributed by atoms with E-state index < -0.39 is 0 Å². The summed E-state index contributed by atoms with van der Waals surface area (Å²) >= 11 is 0. The number of hydrogen-bond acceptors (Lipinski definition) is 4. The van der Waals surface area contributed by atoms with Crippen LogP contribution in [0.15, 0.2) is 24.4 Å². The van der Waals surface area contributed by atoms with Crippen LogP contribution in [0.25, 0.3) is 0 Å². The summed E-state index contributed by atoms with van der Waals surface area (Å²) in [5.41, 5.74) is -0.108. The molecule has 1 aromatic heterocycles. The van der Waals surface area contributed by atoms with Crippen LogP contribution in [-0.4, -0.2) is 47.2 Å². The number of ether oxygens (including phenoxy) is 2. The molecule has 3 heterocycles. The minimum atomic E-state index is -0.108. The molecular weight excluding hydrogens is 316 g/mol. The Hall–Kier alpha value is -1.62. The van der Waals surface area contributed by atoms with E-state index >= 15 is 0 Å². The van der Waals surface area contributed by atoms with Crippen molar-refractivity contribution < 1.29 is 14.3 Å². The SMILES string of the molecule is O=C(CC1CCCC1)N1CCC2(CC1)C[C@H](Oc1ccccn1)CO2. The van der Waals surface area contributed by atoms with Crippen LogP contribution in [0, 0.1) is 5.92 Å². The van der Waals surface area contributed by atoms with Crippen LogP contribution in [0.3, 0.4) is 0 Å². The Labute approximate surface area is 149 Å². The molecule has 5 nitrogen and oxygen atoms in total. The van der Waals surface area contributed by atoms with E-state index in [1.165, 1.54) is 25.7 Å². The molecule has 0 bridgehead atoms. The molecule has 1 amide bonds. The maximum Gasteiger partial charge on any atom is 0.222 e. The molecule has 0 N–H and O–H groups in total. The topological polar surface area (TPSA) is 51.7 Å². The maximum absolute atomic E-state index is 12.5. The molecule has 0 radical (unpaired) electrons. The zero-order chi connectivity index (χ0) is 17.1. The van der Waals surface area contributed by atoms with Gasteiger partial charge in [-0.3, -0.25) is 4.79 Å². The van der Waals surface area contributed by atoms with Crippen LogP contribution < -0.4 is 4.74 Å². The standard InChI is InChI=1S/C20H28N2O3/c23-19(13-16-5-1-2-6-16)22-11-8-20(9-12-22)14-17(15-24-20)25-18-7-3-4-10-21-18/h3-4,7,10,16-17H,1-2,5-6,8-9,11-15H2/t17-/m0/s1. The molecule has 136 valence electrons. The number of likely N-dealkylation sites (tertiary alicyclic amines) is 1. The number of rotatable bonds is 4. The summed E-state index contributed by atoms with van der Waals surface area (Å²) in [6.07, 6.45) is 10.4. The number of pyridine rings is 1. The third-order valence-corrected chi connectivity index (χ3v) is 6.07. The fourth-order valence-corrected chi connectivity index (χ4v) is 4.57. The van der Waals surface area contributed by atoms with E-state index in [0.29, 0.717) is 24.3 Å². The second-order valence-corrected chi connectivity index (χ2v) is 7.84. The number of carbonyl (C=O) groups is 1. The van der Waals surface area contributed by atoms with Crippen molar-refractivity contribution in [2.75, 3.05) is 19.7 Å². The molecule has 0 unspecified atom stereocenters. The van der Waals surface area contributed by atoms with Gasteiger partial charge in [0.1, 0.15) is 6.10 Å². The highest BCUT2D eigenvalue weighted by atomic mass is 16.6. The fraction of sp³-hybridized carbons (Fsp3) is 0.700. The van der Waals surface area contributed by atoms with Gasteiger partial charge in [-0.25, -0.2) is 4.98 Å². The van der Waals surface area contributed by atoms with E-state index in [4.69, 9.17) is 9.47 Å². The summed E-state index contributed by atoms with van der Waals surface area (Å²) in [6.45, 7) is 2.26. The lowest BCUT2D eigenvalue weighted by Crippen LogP contribution is -2.47. The van der Waals surface area contributed by atoms with Crippen LogP contribution in [-0.2, 0) is 9.53 Å². The van der Waals surface area contributed by atoms with Gasteiger partial charge in [-0.15, -0.1) is 0 Å². The lowest BCUT2D eigenvalue weighted by atomic mass is 9.87. The van der Waals surface area contributed by atoms with Gasteiger partial charge in [0.05, 0.1) is 12.2 Å². The molecule has 1 aromatic rings. The Morgan fingerprint density at radius 3 is 2.80 bits per heavy atom. The second kappa shape index (κ2) is 7.32. The lowest BCUT2D eigenvalue weighted by Gasteiger charge is -2.38. The molecule has 1 saturated carbocycles. The zero-order valence-electron chi connectivity index (χ0n) is 14.9. The highest BCUT2D eigenvalue weighted by Gasteiger charge is 2.44. The zero-order valence-corrected chi connectivity index (χ0v) is 14.9. The van der Waals surface area contributed by atoms with Gasteiger partial charge >= 0.3 is 0 Å². The molecule has 5 heteroatoms. The van der Waals surface area contributed by atoms with E-state index in [-0.39, 0.29) is 11.7 Å². The van der Waals surface area contributed by atoms with Gasteiger partial charge in [-0.2, -0.15) is 0 Å². The molecule has 2 aliphatic heterocycles. The van der Waals surface area contributed by atoms with Gasteiger partial charge < -0.3 is 14.4 Å². The number of nitrogens with zero attached hydrogens (tertiary/aromatic N) is 2. The molecule has 1 aliphatic carbocycles. The first-order chi connectivity index (χ1) is 12.2. The number of carbonyl (C=O) groups excluding carboxylic acids is 1. The van der Waals surface area contributed by atoms with E-state index in [2.05, 4.69) is 9.88 Å². The van der Waals surface area contributed by atoms with Gasteiger partial charge in [-0.05, 0) is 37.7 Å². The minimum absolute atomic E-state index is 0.0654. The predicted octanol–water partition coefficient (Wildman–Crippen LogP) is 3.19. The Morgan fingerprint density at radius 2 is 2.08 bits per heavy atom. The lowest BCUT2D eigenvalue weighted by molar-refractivity contribution is -0.137. The van der Waals surface area contributed by atoms with Crippen molar-refractivity contribution in [2.24, 2.45) is 5.92 Å². The highest BCUT2D eigenvalue weighted by molar-refractivity contribution is 5.76. The third-order valence-electron chi connectivity index (χ3n) is 6.07. The second-order valence-electron chi connectivity index (χ2n) is 7.84. The Morgan fingerprint density at radius 1 is 1.28 bits per heavy atom. The van der Waals surface area contributed by atoms with E-state index in [1.54, 1.807) is 6.20 Å². The average molecular weight is 344 g/mol. The van der Waals surface area contributed by atoms with E-state index in [9.17, 15) is 4.79 Å². The Balaban J connectivity index is 1.26. The van der Waals surface area contributed by atoms with Crippen LogP contribution in [0.1, 0.15) is 51.4 Å². The van der Waals surface area contributed by atoms with Crippen LogP contribution in [0.2, 0.25) is 0 Å². The largest absolute Gasteiger partial charge is 0.472 e. The van der Waals surface area contributed by atoms with Crippen molar-refractivity contribution in [3.63, 3.8) is 0 Å². The summed E-state index contributed by atoms with van der Waals surface area (Å²) < 4.78 is 12.1. The number of hydrogen-bond donors (Lipinski definition) is 0. The Bertz CT molecular complexity index is 578. The molecule has 2 saturated heterocycles. The minimum Gasteiger partial charge on any atom is -0.472 e. The summed E-state index contributed by atoms with van der Waals surface area (Å²) in [5.74, 6) is 1.64. The Kier molecular flexibility index (Phi) is 4.93. The third kappa shape index (κ3) is 3.97. The van der Waals surface area contributed by atoms with E-state index in [0.717, 1.165) is 38.8 Å². The first-order valence-corrected chi connectivity index (χ1v) is 9.72. The summed E-state index contributed by atoms with van der Waals surface area (Å²) in [5, 5.41) is 0. The van der Waals surface area contributed by atoms with Crippen molar-refractivity contribution >= 4 is 5.91 Å². The van der Waals surface area contributed by atoms with Gasteiger partial charge in [0, 0.05) is 38.2 Å². The van der Waals surface area contributed by atoms with Crippen LogP contribution >= 0.6 is 0 Å². The molecule has 3 fully saturated rings. The van der Waals surface area contributed by atoms with Gasteiger partial charge in [-0.1, -0.05) is 18.9 Å². The van der Waals surface area contributed by atoms with Crippen molar-refractivity contribution in [1.82, 2.24) is 9.88 Å². The molecule has 1 spiro atoms. The van der Waals surface area contributed by atoms with E-state index in [1.807, 2.05) is 18.2 Å². The highest BCUT2D eigenvalue weighted by Crippen LogP contribution is 2.37. The monoisotopic (exact) mass is 344 g/mol. The molecule has 1 atom stereocenters. The summed E-state index contributed by atoms with van der Waals surface area (Å²) in [7, 11) is 0. The molecule has 0 aromatic carbocycles. The van der Waals surface area contributed by atoms with Crippen LogP contribution in [0.5, 0.6) is 5.88 Å². The number of aromatic nitrogens is 1. The van der Waals surface area contributed by atoms with Gasteiger partial charge in [0.25, 0.3) is 0 Å². The van der Waals surface area contributed by atoms with Crippen LogP contribution in [0.4, 0.5) is 0 Å². The molecule has 3 aliphatic rings. The first kappa shape index (κ1) is 16.8. The fourth-order valence-electron chi connectivity index (χ4n) is 4.57. The van der Waals surface area contributed by atoms with Gasteiger partial charge in [0.2, 0.25) is 11.8 Å². The normalized spacial score (nSPS) is 26.2. The summed E-state index contributed by atoms with van der Waals surface area (Å²) in [6, 6.07) is 5.70. The van der Waals surface area contributed by atoms with Crippen molar-refractivity contribution in [3.8, 4) is 5.88 Å². The number of amides is 1. The number of piperidine rings is 1. The average Bonchev–Trinajstić information content (AvgIpc) is 3.27. The molecular formula is C20H28N2O3. The molecule has 4 rings (SSSR count). The molecule has 25 heavy (non-hydrogen) atoms. The first-order valence-electron chi connectivity index (χ1n) is 9.72. The van der Waals surface area contributed by atoms with Gasteiger partial charge in [0.15, 0.2) is 0 Å².